The zero-order valence-corrected chi connectivity index (χ0v) is 9.64. The Morgan fingerprint density at radius 2 is 2.18 bits per heavy atom. The summed E-state index contributed by atoms with van der Waals surface area (Å²) in [5.74, 6) is -1.10. The van der Waals surface area contributed by atoms with Crippen molar-refractivity contribution in [3.8, 4) is 0 Å². The average Bonchev–Trinajstić information content (AvgIpc) is 2.26. The molecule has 0 aliphatic carbocycles. The van der Waals surface area contributed by atoms with Gasteiger partial charge in [0.2, 0.25) is 5.91 Å². The number of rotatable bonds is 5. The molecule has 1 unspecified atom stereocenters. The van der Waals surface area contributed by atoms with Gasteiger partial charge in [-0.3, -0.25) is 9.59 Å². The van der Waals surface area contributed by atoms with Gasteiger partial charge in [-0.1, -0.05) is 12.1 Å². The summed E-state index contributed by atoms with van der Waals surface area (Å²) in [6.07, 6.45) is 0.516. The Bertz CT molecular complexity index is 416. The largest absolute Gasteiger partial charge is 0.481 e. The third-order valence-electron chi connectivity index (χ3n) is 2.24. The van der Waals surface area contributed by atoms with Crippen molar-refractivity contribution >= 4 is 17.6 Å². The van der Waals surface area contributed by atoms with E-state index < -0.39 is 12.0 Å². The van der Waals surface area contributed by atoms with E-state index in [-0.39, 0.29) is 12.3 Å². The summed E-state index contributed by atoms with van der Waals surface area (Å²) in [5, 5.41) is 11.2. The molecule has 0 fully saturated rings. The van der Waals surface area contributed by atoms with Crippen LogP contribution in [-0.2, 0) is 16.0 Å². The number of amides is 1. The van der Waals surface area contributed by atoms with Crippen molar-refractivity contribution in [3.05, 3.63) is 29.8 Å². The molecule has 5 nitrogen and oxygen atoms in total. The van der Waals surface area contributed by atoms with Gasteiger partial charge in [0.05, 0.1) is 6.04 Å². The maximum absolute atomic E-state index is 11.4. The van der Waals surface area contributed by atoms with E-state index >= 15 is 0 Å². The number of nitrogens with two attached hydrogens (primary N) is 1. The van der Waals surface area contributed by atoms with Crippen LogP contribution >= 0.6 is 0 Å². The number of aryl methyl sites for hydroxylation is 1. The van der Waals surface area contributed by atoms with Crippen molar-refractivity contribution in [2.24, 2.45) is 5.73 Å². The van der Waals surface area contributed by atoms with Crippen LogP contribution in [0.3, 0.4) is 0 Å². The van der Waals surface area contributed by atoms with Gasteiger partial charge in [0, 0.05) is 12.1 Å². The van der Waals surface area contributed by atoms with Gasteiger partial charge in [-0.2, -0.15) is 0 Å². The summed E-state index contributed by atoms with van der Waals surface area (Å²) in [6, 6.07) is 6.52. The highest BCUT2D eigenvalue weighted by Gasteiger charge is 2.07. The van der Waals surface area contributed by atoms with Gasteiger partial charge in [0.1, 0.15) is 0 Å². The van der Waals surface area contributed by atoms with E-state index in [0.717, 1.165) is 5.56 Å². The molecule has 0 aliphatic rings. The van der Waals surface area contributed by atoms with Gasteiger partial charge in [0.25, 0.3) is 0 Å². The smallest absolute Gasteiger partial charge is 0.303 e. The number of benzene rings is 1. The molecular weight excluding hydrogens is 220 g/mol. The first-order valence-electron chi connectivity index (χ1n) is 5.36. The van der Waals surface area contributed by atoms with Crippen LogP contribution in [0.2, 0.25) is 0 Å². The highest BCUT2D eigenvalue weighted by Crippen LogP contribution is 2.12. The maximum Gasteiger partial charge on any atom is 0.303 e. The summed E-state index contributed by atoms with van der Waals surface area (Å²) in [5.41, 5.74) is 6.94. The molecule has 0 radical (unpaired) electrons. The summed E-state index contributed by atoms with van der Waals surface area (Å²) in [6.45, 7) is 1.60. The van der Waals surface area contributed by atoms with Crippen molar-refractivity contribution in [1.29, 1.82) is 0 Å². The lowest BCUT2D eigenvalue weighted by atomic mass is 10.1. The Hall–Kier alpha value is -1.88. The number of anilines is 1. The first kappa shape index (κ1) is 13.2. The van der Waals surface area contributed by atoms with E-state index in [2.05, 4.69) is 5.32 Å². The van der Waals surface area contributed by atoms with Gasteiger partial charge in [0.15, 0.2) is 0 Å². The molecule has 4 N–H and O–H groups in total. The fourth-order valence-electron chi connectivity index (χ4n) is 1.31. The maximum atomic E-state index is 11.4. The monoisotopic (exact) mass is 236 g/mol. The van der Waals surface area contributed by atoms with E-state index in [4.69, 9.17) is 10.8 Å². The fraction of sp³-hybridized carbons (Fsp3) is 0.333. The van der Waals surface area contributed by atoms with Gasteiger partial charge in [-0.25, -0.2) is 0 Å². The molecule has 17 heavy (non-hydrogen) atoms. The van der Waals surface area contributed by atoms with Crippen LogP contribution in [0, 0.1) is 0 Å². The lowest BCUT2D eigenvalue weighted by Crippen LogP contribution is -2.32. The molecule has 1 aromatic carbocycles. The first-order valence-corrected chi connectivity index (χ1v) is 5.36. The topological polar surface area (TPSA) is 92.4 Å². The number of hydrogen-bond donors (Lipinski definition) is 3. The zero-order chi connectivity index (χ0) is 12.8. The molecule has 0 saturated carbocycles. The van der Waals surface area contributed by atoms with Crippen molar-refractivity contribution in [3.63, 3.8) is 0 Å². The molecule has 1 atom stereocenters. The third kappa shape index (κ3) is 4.65. The van der Waals surface area contributed by atoms with Crippen LogP contribution in [0.5, 0.6) is 0 Å². The summed E-state index contributed by atoms with van der Waals surface area (Å²) >= 11 is 0. The van der Waals surface area contributed by atoms with Crippen molar-refractivity contribution in [2.75, 3.05) is 5.32 Å². The van der Waals surface area contributed by atoms with E-state index in [1.54, 1.807) is 25.1 Å². The predicted octanol–water partition coefficient (Wildman–Crippen LogP) is 0.989. The van der Waals surface area contributed by atoms with E-state index in [1.807, 2.05) is 6.07 Å². The second-order valence-electron chi connectivity index (χ2n) is 3.87. The molecule has 1 rings (SSSR count). The third-order valence-corrected chi connectivity index (χ3v) is 2.24. The molecule has 1 aromatic rings. The highest BCUT2D eigenvalue weighted by atomic mass is 16.4. The quantitative estimate of drug-likeness (QED) is 0.710. The minimum atomic E-state index is -0.838. The zero-order valence-electron chi connectivity index (χ0n) is 9.64. The van der Waals surface area contributed by atoms with E-state index in [0.29, 0.717) is 12.1 Å². The molecular formula is C12H16N2O3. The second-order valence-corrected chi connectivity index (χ2v) is 3.87. The number of aliphatic carboxylic acids is 1. The van der Waals surface area contributed by atoms with Gasteiger partial charge in [-0.15, -0.1) is 0 Å². The van der Waals surface area contributed by atoms with E-state index in [9.17, 15) is 9.59 Å². The molecule has 0 spiro atoms. The van der Waals surface area contributed by atoms with Crippen LogP contribution in [0.1, 0.15) is 18.9 Å². The van der Waals surface area contributed by atoms with Gasteiger partial charge in [-0.05, 0) is 31.0 Å². The van der Waals surface area contributed by atoms with Crippen LogP contribution in [0.15, 0.2) is 24.3 Å². The molecule has 92 valence electrons. The predicted molar refractivity (Wildman–Crippen MR) is 64.7 cm³/mol. The number of carbonyl (C=O) groups is 2. The minimum absolute atomic E-state index is 0.0741. The van der Waals surface area contributed by atoms with Crippen LogP contribution in [0.4, 0.5) is 5.69 Å². The van der Waals surface area contributed by atoms with Crippen molar-refractivity contribution < 1.29 is 14.7 Å². The first-order chi connectivity index (χ1) is 7.99. The number of hydrogen-bond acceptors (Lipinski definition) is 3. The Morgan fingerprint density at radius 1 is 1.47 bits per heavy atom. The van der Waals surface area contributed by atoms with Crippen LogP contribution in [-0.4, -0.2) is 23.0 Å². The standard InChI is InChI=1S/C12H16N2O3/c1-8(13)12(17)14-10-4-2-3-9(7-10)5-6-11(15)16/h2-4,7-8H,5-6,13H2,1H3,(H,14,17)(H,15,16). The molecule has 0 heterocycles. The SMILES string of the molecule is CC(N)C(=O)Nc1cccc(CCC(=O)O)c1. The number of nitrogens with one attached hydrogen (secondary N) is 1. The molecule has 0 aromatic heterocycles. The minimum Gasteiger partial charge on any atom is -0.481 e. The second kappa shape index (κ2) is 6.00. The van der Waals surface area contributed by atoms with Crippen LogP contribution in [0.25, 0.3) is 0 Å². The average molecular weight is 236 g/mol. The lowest BCUT2D eigenvalue weighted by molar-refractivity contribution is -0.137. The van der Waals surface area contributed by atoms with Crippen molar-refractivity contribution in [2.45, 2.75) is 25.8 Å². The summed E-state index contributed by atoms with van der Waals surface area (Å²) in [7, 11) is 0. The number of carboxylic acid groups (broad SMARTS) is 1. The Morgan fingerprint density at radius 3 is 2.76 bits per heavy atom. The van der Waals surface area contributed by atoms with E-state index in [1.165, 1.54) is 0 Å². The normalized spacial score (nSPS) is 11.9. The molecule has 0 bridgehead atoms. The summed E-state index contributed by atoms with van der Waals surface area (Å²) < 4.78 is 0. The number of carbonyl (C=O) groups excluding carboxylic acids is 1. The van der Waals surface area contributed by atoms with Crippen LogP contribution < -0.4 is 11.1 Å². The molecule has 1 amide bonds. The number of carboxylic acids is 1. The molecule has 5 heteroatoms. The van der Waals surface area contributed by atoms with Gasteiger partial charge < -0.3 is 16.2 Å². The molecule has 0 saturated heterocycles. The summed E-state index contributed by atoms with van der Waals surface area (Å²) in [4.78, 5) is 21.8. The fourth-order valence-corrected chi connectivity index (χ4v) is 1.31. The van der Waals surface area contributed by atoms with Crippen molar-refractivity contribution in [1.82, 2.24) is 0 Å². The van der Waals surface area contributed by atoms with Gasteiger partial charge >= 0.3 is 5.97 Å². The Balaban J connectivity index is 2.65. The highest BCUT2D eigenvalue weighted by molar-refractivity contribution is 5.94. The Kier molecular flexibility index (Phi) is 4.66. The lowest BCUT2D eigenvalue weighted by Gasteiger charge is -2.08. The Labute approximate surface area is 99.6 Å². The molecule has 0 aliphatic heterocycles.